The smallest absolute Gasteiger partial charge is 0.0826 e. The molecule has 1 aliphatic heterocycles. The van der Waals surface area contributed by atoms with E-state index in [1.165, 1.54) is 6.42 Å². The third kappa shape index (κ3) is 3.24. The molecule has 1 aliphatic rings. The normalized spacial score (nSPS) is 18.8. The highest BCUT2D eigenvalue weighted by molar-refractivity contribution is 5.56. The number of benzene rings is 1. The Morgan fingerprint density at radius 2 is 2.17 bits per heavy atom. The van der Waals surface area contributed by atoms with Gasteiger partial charge in [0.2, 0.25) is 0 Å². The fourth-order valence-corrected chi connectivity index (χ4v) is 2.37. The SMILES string of the molecule is CCCCOCCN1CCC(O)c2ccccc21. The van der Waals surface area contributed by atoms with Gasteiger partial charge in [-0.15, -0.1) is 0 Å². The molecule has 0 spiro atoms. The van der Waals surface area contributed by atoms with Crippen LogP contribution in [0, 0.1) is 0 Å². The van der Waals surface area contributed by atoms with Crippen molar-refractivity contribution in [1.82, 2.24) is 0 Å². The predicted octanol–water partition coefficient (Wildman–Crippen LogP) is 2.75. The summed E-state index contributed by atoms with van der Waals surface area (Å²) in [7, 11) is 0. The lowest BCUT2D eigenvalue weighted by atomic mass is 9.99. The maximum atomic E-state index is 9.96. The lowest BCUT2D eigenvalue weighted by Crippen LogP contribution is -2.34. The summed E-state index contributed by atoms with van der Waals surface area (Å²) in [5.41, 5.74) is 2.22. The van der Waals surface area contributed by atoms with E-state index in [4.69, 9.17) is 4.74 Å². The first kappa shape index (κ1) is 13.4. The molecule has 0 aromatic heterocycles. The van der Waals surface area contributed by atoms with Crippen LogP contribution in [0.4, 0.5) is 5.69 Å². The van der Waals surface area contributed by atoms with Crippen LogP contribution in [-0.2, 0) is 4.74 Å². The molecule has 0 amide bonds. The Balaban J connectivity index is 1.89. The predicted molar refractivity (Wildman–Crippen MR) is 74.0 cm³/mol. The van der Waals surface area contributed by atoms with E-state index in [1.807, 2.05) is 18.2 Å². The second-order valence-electron chi connectivity index (χ2n) is 4.82. The first-order valence-corrected chi connectivity index (χ1v) is 6.92. The Kier molecular flexibility index (Phi) is 5.02. The molecule has 1 unspecified atom stereocenters. The number of nitrogens with zero attached hydrogens (tertiary/aromatic N) is 1. The van der Waals surface area contributed by atoms with Crippen LogP contribution in [0.1, 0.15) is 37.9 Å². The van der Waals surface area contributed by atoms with Crippen LogP contribution in [0.2, 0.25) is 0 Å². The summed E-state index contributed by atoms with van der Waals surface area (Å²) in [5.74, 6) is 0. The van der Waals surface area contributed by atoms with Crippen molar-refractivity contribution in [3.63, 3.8) is 0 Å². The van der Waals surface area contributed by atoms with Gasteiger partial charge in [0, 0.05) is 30.9 Å². The molecule has 0 radical (unpaired) electrons. The van der Waals surface area contributed by atoms with Crippen molar-refractivity contribution >= 4 is 5.69 Å². The Labute approximate surface area is 109 Å². The highest BCUT2D eigenvalue weighted by atomic mass is 16.5. The number of fused-ring (bicyclic) bond motifs is 1. The quantitative estimate of drug-likeness (QED) is 0.787. The summed E-state index contributed by atoms with van der Waals surface area (Å²) in [4.78, 5) is 2.31. The van der Waals surface area contributed by atoms with Crippen LogP contribution in [0.25, 0.3) is 0 Å². The van der Waals surface area contributed by atoms with Gasteiger partial charge in [-0.25, -0.2) is 0 Å². The standard InChI is InChI=1S/C15H23NO2/c1-2-3-11-18-12-10-16-9-8-15(17)13-6-4-5-7-14(13)16/h4-7,15,17H,2-3,8-12H2,1H3. The monoisotopic (exact) mass is 249 g/mol. The van der Waals surface area contributed by atoms with Gasteiger partial charge in [-0.2, -0.15) is 0 Å². The van der Waals surface area contributed by atoms with Gasteiger partial charge in [-0.3, -0.25) is 0 Å². The van der Waals surface area contributed by atoms with E-state index in [0.717, 1.165) is 50.4 Å². The van der Waals surface area contributed by atoms with Crippen LogP contribution in [0.3, 0.4) is 0 Å². The van der Waals surface area contributed by atoms with Crippen molar-refractivity contribution in [2.75, 3.05) is 31.2 Å². The van der Waals surface area contributed by atoms with Crippen molar-refractivity contribution in [3.8, 4) is 0 Å². The first-order chi connectivity index (χ1) is 8.83. The van der Waals surface area contributed by atoms with E-state index >= 15 is 0 Å². The number of hydrogen-bond donors (Lipinski definition) is 1. The zero-order valence-corrected chi connectivity index (χ0v) is 11.1. The molecule has 0 saturated heterocycles. The van der Waals surface area contributed by atoms with Gasteiger partial charge in [0.05, 0.1) is 12.7 Å². The number of ether oxygens (including phenoxy) is 1. The van der Waals surface area contributed by atoms with Crippen molar-refractivity contribution in [2.24, 2.45) is 0 Å². The minimum atomic E-state index is -0.307. The number of para-hydroxylation sites is 1. The third-order valence-corrected chi connectivity index (χ3v) is 3.46. The Morgan fingerprint density at radius 3 is 3.00 bits per heavy atom. The summed E-state index contributed by atoms with van der Waals surface area (Å²) in [5, 5.41) is 9.96. The fourth-order valence-electron chi connectivity index (χ4n) is 2.37. The second-order valence-corrected chi connectivity index (χ2v) is 4.82. The maximum absolute atomic E-state index is 9.96. The van der Waals surface area contributed by atoms with Crippen molar-refractivity contribution < 1.29 is 9.84 Å². The summed E-state index contributed by atoms with van der Waals surface area (Å²) < 4.78 is 5.61. The lowest BCUT2D eigenvalue weighted by Gasteiger charge is -2.33. The minimum absolute atomic E-state index is 0.307. The highest BCUT2D eigenvalue weighted by Crippen LogP contribution is 2.32. The molecule has 3 nitrogen and oxygen atoms in total. The van der Waals surface area contributed by atoms with Gasteiger partial charge in [-0.05, 0) is 18.9 Å². The molecule has 1 aromatic rings. The number of aliphatic hydroxyl groups is 1. The van der Waals surface area contributed by atoms with E-state index in [9.17, 15) is 5.11 Å². The van der Waals surface area contributed by atoms with E-state index in [0.29, 0.717) is 0 Å². The van der Waals surface area contributed by atoms with Crippen molar-refractivity contribution in [3.05, 3.63) is 29.8 Å². The van der Waals surface area contributed by atoms with Gasteiger partial charge in [0.15, 0.2) is 0 Å². The Morgan fingerprint density at radius 1 is 1.33 bits per heavy atom. The average Bonchev–Trinajstić information content (AvgIpc) is 2.41. The molecule has 18 heavy (non-hydrogen) atoms. The number of aliphatic hydroxyl groups excluding tert-OH is 1. The van der Waals surface area contributed by atoms with Gasteiger partial charge >= 0.3 is 0 Å². The van der Waals surface area contributed by atoms with E-state index < -0.39 is 0 Å². The van der Waals surface area contributed by atoms with Crippen LogP contribution in [0.5, 0.6) is 0 Å². The van der Waals surface area contributed by atoms with Gasteiger partial charge in [0.25, 0.3) is 0 Å². The van der Waals surface area contributed by atoms with Crippen molar-refractivity contribution in [1.29, 1.82) is 0 Å². The molecule has 0 bridgehead atoms. The molecule has 1 heterocycles. The summed E-state index contributed by atoms with van der Waals surface area (Å²) in [6.45, 7) is 5.62. The molecule has 1 aromatic carbocycles. The van der Waals surface area contributed by atoms with Crippen LogP contribution in [0.15, 0.2) is 24.3 Å². The second kappa shape index (κ2) is 6.76. The molecule has 1 N–H and O–H groups in total. The first-order valence-electron chi connectivity index (χ1n) is 6.92. The summed E-state index contributed by atoms with van der Waals surface area (Å²) in [6.07, 6.45) is 2.82. The van der Waals surface area contributed by atoms with Crippen LogP contribution < -0.4 is 4.90 Å². The van der Waals surface area contributed by atoms with Gasteiger partial charge in [-0.1, -0.05) is 31.5 Å². The molecular formula is C15H23NO2. The topological polar surface area (TPSA) is 32.7 Å². The molecule has 2 rings (SSSR count). The highest BCUT2D eigenvalue weighted by Gasteiger charge is 2.22. The number of rotatable bonds is 6. The summed E-state index contributed by atoms with van der Waals surface area (Å²) in [6, 6.07) is 8.12. The maximum Gasteiger partial charge on any atom is 0.0826 e. The molecule has 0 fully saturated rings. The molecule has 1 atom stereocenters. The van der Waals surface area contributed by atoms with E-state index in [2.05, 4.69) is 17.9 Å². The number of unbranched alkanes of at least 4 members (excludes halogenated alkanes) is 1. The molecular weight excluding hydrogens is 226 g/mol. The van der Waals surface area contributed by atoms with Gasteiger partial charge in [0.1, 0.15) is 0 Å². The molecule has 0 saturated carbocycles. The molecule has 0 aliphatic carbocycles. The number of hydrogen-bond acceptors (Lipinski definition) is 3. The van der Waals surface area contributed by atoms with Crippen LogP contribution >= 0.6 is 0 Å². The van der Waals surface area contributed by atoms with E-state index in [-0.39, 0.29) is 6.10 Å². The van der Waals surface area contributed by atoms with E-state index in [1.54, 1.807) is 0 Å². The zero-order chi connectivity index (χ0) is 12.8. The van der Waals surface area contributed by atoms with Gasteiger partial charge < -0.3 is 14.7 Å². The zero-order valence-electron chi connectivity index (χ0n) is 11.1. The molecule has 100 valence electrons. The molecule has 3 heteroatoms. The Hall–Kier alpha value is -1.06. The summed E-state index contributed by atoms with van der Waals surface area (Å²) >= 11 is 0. The fraction of sp³-hybridized carbons (Fsp3) is 0.600. The largest absolute Gasteiger partial charge is 0.388 e. The minimum Gasteiger partial charge on any atom is -0.388 e. The average molecular weight is 249 g/mol. The lowest BCUT2D eigenvalue weighted by molar-refractivity contribution is 0.132. The van der Waals surface area contributed by atoms with Crippen molar-refractivity contribution in [2.45, 2.75) is 32.3 Å². The number of anilines is 1. The van der Waals surface area contributed by atoms with Crippen LogP contribution in [-0.4, -0.2) is 31.4 Å². The third-order valence-electron chi connectivity index (χ3n) is 3.46. The Bertz CT molecular complexity index is 367.